The third kappa shape index (κ3) is 5.18. The van der Waals surface area contributed by atoms with Gasteiger partial charge < -0.3 is 14.2 Å². The molecule has 1 aliphatic heterocycles. The van der Waals surface area contributed by atoms with Crippen molar-refractivity contribution in [3.05, 3.63) is 66.2 Å². The van der Waals surface area contributed by atoms with E-state index in [-0.39, 0.29) is 24.6 Å². The van der Waals surface area contributed by atoms with Crippen molar-refractivity contribution in [2.75, 3.05) is 6.61 Å². The van der Waals surface area contributed by atoms with Gasteiger partial charge in [-0.25, -0.2) is 0 Å². The normalized spacial score (nSPS) is 20.5. The summed E-state index contributed by atoms with van der Waals surface area (Å²) in [5.41, 5.74) is 1.16. The lowest BCUT2D eigenvalue weighted by molar-refractivity contribution is -0.142. The van der Waals surface area contributed by atoms with E-state index < -0.39 is 0 Å². The molecule has 0 bridgehead atoms. The molecule has 0 radical (unpaired) electrons. The lowest BCUT2D eigenvalue weighted by atomic mass is 10.0. The number of para-hydroxylation sites is 1. The Bertz CT molecular complexity index is 619. The van der Waals surface area contributed by atoms with E-state index in [0.717, 1.165) is 18.4 Å². The van der Waals surface area contributed by atoms with Crippen LogP contribution in [0.2, 0.25) is 0 Å². The van der Waals surface area contributed by atoms with Crippen molar-refractivity contribution in [2.45, 2.75) is 38.1 Å². The maximum atomic E-state index is 11.9. The van der Waals surface area contributed by atoms with E-state index in [0.29, 0.717) is 19.0 Å². The summed E-state index contributed by atoms with van der Waals surface area (Å²) in [6.45, 7) is 1.12. The Balaban J connectivity index is 1.36. The van der Waals surface area contributed by atoms with Crippen LogP contribution in [0.4, 0.5) is 0 Å². The third-order valence-corrected chi connectivity index (χ3v) is 4.03. The van der Waals surface area contributed by atoms with Crippen molar-refractivity contribution in [3.8, 4) is 5.75 Å². The van der Waals surface area contributed by atoms with E-state index in [1.165, 1.54) is 0 Å². The Hall–Kier alpha value is -2.17. The fourth-order valence-electron chi connectivity index (χ4n) is 2.71. The van der Waals surface area contributed by atoms with Crippen LogP contribution in [0, 0.1) is 0 Å². The molecular weight excluding hydrogens is 304 g/mol. The second-order valence-electron chi connectivity index (χ2n) is 5.94. The largest absolute Gasteiger partial charge is 0.426 e. The van der Waals surface area contributed by atoms with Crippen molar-refractivity contribution in [1.29, 1.82) is 0 Å². The fourth-order valence-corrected chi connectivity index (χ4v) is 2.71. The summed E-state index contributed by atoms with van der Waals surface area (Å²) in [5, 5.41) is 0. The first kappa shape index (κ1) is 16.7. The van der Waals surface area contributed by atoms with Gasteiger partial charge in [0, 0.05) is 0 Å². The van der Waals surface area contributed by atoms with Gasteiger partial charge in [0.25, 0.3) is 0 Å². The SMILES string of the molecule is O=C(C[C@@H]1CC[C@H](OCc2ccccc2)CO1)Oc1ccccc1. The van der Waals surface area contributed by atoms with E-state index in [4.69, 9.17) is 14.2 Å². The van der Waals surface area contributed by atoms with E-state index >= 15 is 0 Å². The summed E-state index contributed by atoms with van der Waals surface area (Å²) in [5.74, 6) is 0.317. The summed E-state index contributed by atoms with van der Waals surface area (Å²) < 4.78 is 16.9. The number of benzene rings is 2. The van der Waals surface area contributed by atoms with Gasteiger partial charge in [0.1, 0.15) is 5.75 Å². The monoisotopic (exact) mass is 326 g/mol. The van der Waals surface area contributed by atoms with Gasteiger partial charge in [0.15, 0.2) is 0 Å². The number of hydrogen-bond donors (Lipinski definition) is 0. The van der Waals surface area contributed by atoms with Gasteiger partial charge in [-0.3, -0.25) is 4.79 Å². The second-order valence-corrected chi connectivity index (χ2v) is 5.94. The average molecular weight is 326 g/mol. The number of hydrogen-bond acceptors (Lipinski definition) is 4. The Morgan fingerprint density at radius 1 is 1.00 bits per heavy atom. The first-order valence-corrected chi connectivity index (χ1v) is 8.32. The van der Waals surface area contributed by atoms with Gasteiger partial charge in [-0.15, -0.1) is 0 Å². The van der Waals surface area contributed by atoms with Crippen molar-refractivity contribution in [3.63, 3.8) is 0 Å². The summed E-state index contributed by atoms with van der Waals surface area (Å²) in [6, 6.07) is 19.2. The highest BCUT2D eigenvalue weighted by atomic mass is 16.6. The van der Waals surface area contributed by atoms with Crippen LogP contribution in [0.3, 0.4) is 0 Å². The molecule has 24 heavy (non-hydrogen) atoms. The van der Waals surface area contributed by atoms with Crippen LogP contribution in [-0.4, -0.2) is 24.8 Å². The molecule has 0 N–H and O–H groups in total. The molecule has 1 fully saturated rings. The lowest BCUT2D eigenvalue weighted by Gasteiger charge is -2.28. The molecule has 126 valence electrons. The van der Waals surface area contributed by atoms with Crippen LogP contribution >= 0.6 is 0 Å². The highest BCUT2D eigenvalue weighted by molar-refractivity contribution is 5.72. The molecular formula is C20H22O4. The lowest BCUT2D eigenvalue weighted by Crippen LogP contribution is -2.33. The zero-order valence-corrected chi connectivity index (χ0v) is 13.6. The molecule has 0 saturated carbocycles. The summed E-state index contributed by atoms with van der Waals surface area (Å²) in [4.78, 5) is 11.9. The van der Waals surface area contributed by atoms with Crippen LogP contribution in [0.1, 0.15) is 24.8 Å². The zero-order valence-electron chi connectivity index (χ0n) is 13.6. The second kappa shape index (κ2) is 8.62. The van der Waals surface area contributed by atoms with Gasteiger partial charge in [-0.2, -0.15) is 0 Å². The van der Waals surface area contributed by atoms with E-state index in [1.807, 2.05) is 48.5 Å². The highest BCUT2D eigenvalue weighted by Crippen LogP contribution is 2.20. The Kier molecular flexibility index (Phi) is 5.99. The average Bonchev–Trinajstić information content (AvgIpc) is 2.63. The van der Waals surface area contributed by atoms with Crippen molar-refractivity contribution in [2.24, 2.45) is 0 Å². The fraction of sp³-hybridized carbons (Fsp3) is 0.350. The van der Waals surface area contributed by atoms with Crippen LogP contribution in [-0.2, 0) is 20.9 Å². The number of carbonyl (C=O) groups is 1. The van der Waals surface area contributed by atoms with Gasteiger partial charge >= 0.3 is 5.97 Å². The summed E-state index contributed by atoms with van der Waals surface area (Å²) in [6.07, 6.45) is 1.99. The Morgan fingerprint density at radius 2 is 1.71 bits per heavy atom. The van der Waals surface area contributed by atoms with Crippen molar-refractivity contribution in [1.82, 2.24) is 0 Å². The minimum absolute atomic E-state index is 0.0854. The molecule has 0 aliphatic carbocycles. The van der Waals surface area contributed by atoms with E-state index in [2.05, 4.69) is 0 Å². The first-order valence-electron chi connectivity index (χ1n) is 8.32. The van der Waals surface area contributed by atoms with E-state index in [1.54, 1.807) is 12.1 Å². The van der Waals surface area contributed by atoms with Gasteiger partial charge in [0.2, 0.25) is 0 Å². The number of esters is 1. The van der Waals surface area contributed by atoms with E-state index in [9.17, 15) is 4.79 Å². The zero-order chi connectivity index (χ0) is 16.6. The maximum Gasteiger partial charge on any atom is 0.313 e. The Morgan fingerprint density at radius 3 is 2.38 bits per heavy atom. The molecule has 1 saturated heterocycles. The quantitative estimate of drug-likeness (QED) is 0.599. The number of rotatable bonds is 6. The highest BCUT2D eigenvalue weighted by Gasteiger charge is 2.25. The molecule has 2 aromatic rings. The van der Waals surface area contributed by atoms with Gasteiger partial charge in [-0.1, -0.05) is 48.5 Å². The summed E-state index contributed by atoms with van der Waals surface area (Å²) in [7, 11) is 0. The first-order chi connectivity index (χ1) is 11.8. The third-order valence-electron chi connectivity index (χ3n) is 4.03. The molecule has 0 unspecified atom stereocenters. The predicted octanol–water partition coefficient (Wildman–Crippen LogP) is 3.75. The minimum Gasteiger partial charge on any atom is -0.426 e. The molecule has 4 nitrogen and oxygen atoms in total. The topological polar surface area (TPSA) is 44.8 Å². The van der Waals surface area contributed by atoms with Crippen LogP contribution in [0.5, 0.6) is 5.75 Å². The molecule has 0 spiro atoms. The van der Waals surface area contributed by atoms with Gasteiger partial charge in [-0.05, 0) is 30.5 Å². The van der Waals surface area contributed by atoms with Crippen LogP contribution < -0.4 is 4.74 Å². The summed E-state index contributed by atoms with van der Waals surface area (Å²) >= 11 is 0. The minimum atomic E-state index is -0.255. The molecule has 0 amide bonds. The molecule has 3 rings (SSSR count). The molecule has 2 aromatic carbocycles. The molecule has 4 heteroatoms. The Labute approximate surface area is 142 Å². The van der Waals surface area contributed by atoms with Crippen molar-refractivity contribution < 1.29 is 19.0 Å². The van der Waals surface area contributed by atoms with Crippen LogP contribution in [0.25, 0.3) is 0 Å². The standard InChI is InChI=1S/C20H22O4/c21-20(24-17-9-5-2-6-10-17)13-18-11-12-19(15-23-18)22-14-16-7-3-1-4-8-16/h1-10,18-19H,11-15H2/t18-,19-/m0/s1. The molecule has 0 aromatic heterocycles. The maximum absolute atomic E-state index is 11.9. The number of carbonyl (C=O) groups excluding carboxylic acids is 1. The predicted molar refractivity (Wildman–Crippen MR) is 90.7 cm³/mol. The molecule has 1 heterocycles. The number of ether oxygens (including phenoxy) is 3. The van der Waals surface area contributed by atoms with Crippen LogP contribution in [0.15, 0.2) is 60.7 Å². The smallest absolute Gasteiger partial charge is 0.313 e. The van der Waals surface area contributed by atoms with Gasteiger partial charge in [0.05, 0.1) is 31.8 Å². The molecule has 2 atom stereocenters. The van der Waals surface area contributed by atoms with Crippen molar-refractivity contribution >= 4 is 5.97 Å². The molecule has 1 aliphatic rings.